The Hall–Kier alpha value is -1.85. The van der Waals surface area contributed by atoms with Crippen LogP contribution in [0.4, 0.5) is 4.39 Å². The number of hydrogen-bond acceptors (Lipinski definition) is 2. The quantitative estimate of drug-likeness (QED) is 0.874. The van der Waals surface area contributed by atoms with Crippen molar-refractivity contribution in [2.45, 2.75) is 45.7 Å². The zero-order valence-corrected chi connectivity index (χ0v) is 15.6. The van der Waals surface area contributed by atoms with Crippen molar-refractivity contribution in [3.05, 3.63) is 53.1 Å². The highest BCUT2D eigenvalue weighted by atomic mass is 35.5. The summed E-state index contributed by atoms with van der Waals surface area (Å²) >= 11 is 0. The van der Waals surface area contributed by atoms with E-state index in [1.54, 1.807) is 12.1 Å². The molecular formula is C19H25ClFN3O. The van der Waals surface area contributed by atoms with Crippen LogP contribution in [0.25, 0.3) is 5.69 Å². The minimum Gasteiger partial charge on any atom is -0.349 e. The zero-order chi connectivity index (χ0) is 17.3. The van der Waals surface area contributed by atoms with Crippen LogP contribution in [0.3, 0.4) is 0 Å². The maximum Gasteiger partial charge on any atom is 0.253 e. The highest BCUT2D eigenvalue weighted by molar-refractivity contribution is 5.96. The van der Waals surface area contributed by atoms with Gasteiger partial charge in [0, 0.05) is 29.2 Å². The second-order valence-corrected chi connectivity index (χ2v) is 6.65. The molecule has 0 radical (unpaired) electrons. The number of carbonyl (C=O) groups excluding carboxylic acids is 1. The molecule has 0 bridgehead atoms. The largest absolute Gasteiger partial charge is 0.349 e. The molecule has 2 N–H and O–H groups in total. The van der Waals surface area contributed by atoms with Gasteiger partial charge in [0.15, 0.2) is 0 Å². The summed E-state index contributed by atoms with van der Waals surface area (Å²) in [4.78, 5) is 12.7. The summed E-state index contributed by atoms with van der Waals surface area (Å²) in [6, 6.07) is 8.86. The Morgan fingerprint density at radius 1 is 1.28 bits per heavy atom. The van der Waals surface area contributed by atoms with Crippen molar-refractivity contribution in [1.82, 2.24) is 15.2 Å². The lowest BCUT2D eigenvalue weighted by atomic mass is 10.0. The Balaban J connectivity index is 0.00000225. The lowest BCUT2D eigenvalue weighted by Crippen LogP contribution is -2.46. The molecular weight excluding hydrogens is 341 g/mol. The number of nitrogens with zero attached hydrogens (tertiary/aromatic N) is 1. The smallest absolute Gasteiger partial charge is 0.253 e. The van der Waals surface area contributed by atoms with E-state index < -0.39 is 0 Å². The van der Waals surface area contributed by atoms with E-state index in [0.29, 0.717) is 11.6 Å². The molecule has 1 amide bonds. The lowest BCUT2D eigenvalue weighted by Gasteiger charge is -2.28. The number of halogens is 2. The summed E-state index contributed by atoms with van der Waals surface area (Å²) in [5, 5.41) is 6.54. The first-order valence-electron chi connectivity index (χ1n) is 8.45. The molecule has 1 aromatic carbocycles. The minimum absolute atomic E-state index is 0. The van der Waals surface area contributed by atoms with Crippen LogP contribution in [-0.4, -0.2) is 29.1 Å². The van der Waals surface area contributed by atoms with E-state index >= 15 is 0 Å². The van der Waals surface area contributed by atoms with Crippen LogP contribution in [-0.2, 0) is 0 Å². The van der Waals surface area contributed by atoms with Crippen molar-refractivity contribution in [2.75, 3.05) is 6.54 Å². The highest BCUT2D eigenvalue weighted by Crippen LogP contribution is 2.21. The van der Waals surface area contributed by atoms with E-state index in [1.807, 2.05) is 24.5 Å². The first kappa shape index (κ1) is 19.5. The molecule has 4 nitrogen and oxygen atoms in total. The average molecular weight is 366 g/mol. The Bertz CT molecular complexity index is 742. The predicted molar refractivity (Wildman–Crippen MR) is 100 cm³/mol. The fraction of sp³-hybridized carbons (Fsp3) is 0.421. The first-order chi connectivity index (χ1) is 11.5. The summed E-state index contributed by atoms with van der Waals surface area (Å²) in [7, 11) is 0. The number of aryl methyl sites for hydroxylation is 1. The Morgan fingerprint density at radius 2 is 1.96 bits per heavy atom. The number of aromatic nitrogens is 1. The van der Waals surface area contributed by atoms with Crippen LogP contribution >= 0.6 is 12.4 Å². The predicted octanol–water partition coefficient (Wildman–Crippen LogP) is 3.53. The van der Waals surface area contributed by atoms with E-state index in [4.69, 9.17) is 0 Å². The van der Waals surface area contributed by atoms with Crippen molar-refractivity contribution >= 4 is 18.3 Å². The topological polar surface area (TPSA) is 46.1 Å². The van der Waals surface area contributed by atoms with Gasteiger partial charge in [0.25, 0.3) is 5.91 Å². The van der Waals surface area contributed by atoms with E-state index in [0.717, 1.165) is 36.5 Å². The molecule has 2 atom stereocenters. The van der Waals surface area contributed by atoms with E-state index in [2.05, 4.69) is 17.6 Å². The van der Waals surface area contributed by atoms with Gasteiger partial charge in [-0.05, 0) is 70.5 Å². The molecule has 0 saturated carbocycles. The number of nitrogens with one attached hydrogen (secondary N) is 2. The number of hydrogen-bond donors (Lipinski definition) is 2. The van der Waals surface area contributed by atoms with Gasteiger partial charge in [-0.2, -0.15) is 0 Å². The molecule has 6 heteroatoms. The molecule has 0 aliphatic carbocycles. The number of benzene rings is 1. The summed E-state index contributed by atoms with van der Waals surface area (Å²) in [6.45, 7) is 6.95. The molecule has 1 aromatic heterocycles. The van der Waals surface area contributed by atoms with Crippen molar-refractivity contribution in [2.24, 2.45) is 0 Å². The Kier molecular flexibility index (Phi) is 6.25. The molecule has 1 aliphatic heterocycles. The maximum absolute atomic E-state index is 13.2. The van der Waals surface area contributed by atoms with E-state index in [9.17, 15) is 9.18 Å². The minimum atomic E-state index is -0.265. The number of rotatable bonds is 3. The van der Waals surface area contributed by atoms with Crippen LogP contribution in [0.1, 0.15) is 41.5 Å². The van der Waals surface area contributed by atoms with Crippen LogP contribution < -0.4 is 10.6 Å². The van der Waals surface area contributed by atoms with Gasteiger partial charge in [-0.25, -0.2) is 4.39 Å². The van der Waals surface area contributed by atoms with Crippen LogP contribution in [0.2, 0.25) is 0 Å². The third-order valence-corrected chi connectivity index (χ3v) is 4.72. The van der Waals surface area contributed by atoms with Crippen LogP contribution in [0, 0.1) is 19.7 Å². The van der Waals surface area contributed by atoms with Crippen molar-refractivity contribution in [3.63, 3.8) is 0 Å². The molecule has 2 unspecified atom stereocenters. The molecule has 136 valence electrons. The Labute approximate surface area is 154 Å². The fourth-order valence-electron chi connectivity index (χ4n) is 3.51. The van der Waals surface area contributed by atoms with Crippen molar-refractivity contribution in [3.8, 4) is 5.69 Å². The number of carbonyl (C=O) groups is 1. The van der Waals surface area contributed by atoms with Crippen LogP contribution in [0.5, 0.6) is 0 Å². The maximum atomic E-state index is 13.2. The number of piperidine rings is 1. The SMILES string of the molecule is Cc1cc(C(=O)NC2CCNC(C)C2)c(C)n1-c1ccc(F)cc1.Cl. The third-order valence-electron chi connectivity index (χ3n) is 4.72. The van der Waals surface area contributed by atoms with Gasteiger partial charge in [0.05, 0.1) is 5.56 Å². The van der Waals surface area contributed by atoms with Crippen molar-refractivity contribution in [1.29, 1.82) is 0 Å². The van der Waals surface area contributed by atoms with Gasteiger partial charge in [0.1, 0.15) is 5.82 Å². The first-order valence-corrected chi connectivity index (χ1v) is 8.45. The summed E-state index contributed by atoms with van der Waals surface area (Å²) in [5.74, 6) is -0.297. The summed E-state index contributed by atoms with van der Waals surface area (Å²) < 4.78 is 15.1. The van der Waals surface area contributed by atoms with Gasteiger partial charge < -0.3 is 15.2 Å². The van der Waals surface area contributed by atoms with E-state index in [-0.39, 0.29) is 30.2 Å². The average Bonchev–Trinajstić information content (AvgIpc) is 2.83. The second kappa shape index (κ2) is 8.02. The van der Waals surface area contributed by atoms with Gasteiger partial charge in [-0.15, -0.1) is 12.4 Å². The number of amides is 1. The fourth-order valence-corrected chi connectivity index (χ4v) is 3.51. The molecule has 2 aromatic rings. The van der Waals surface area contributed by atoms with E-state index in [1.165, 1.54) is 12.1 Å². The van der Waals surface area contributed by atoms with Gasteiger partial charge in [-0.1, -0.05) is 0 Å². The van der Waals surface area contributed by atoms with Gasteiger partial charge in [0.2, 0.25) is 0 Å². The standard InChI is InChI=1S/C19H24FN3O.ClH/c1-12-10-16(8-9-21-12)22-19(24)18-11-13(2)23(14(18)3)17-6-4-15(20)5-7-17;/h4-7,11-12,16,21H,8-10H2,1-3H3,(H,22,24);1H. The lowest BCUT2D eigenvalue weighted by molar-refractivity contribution is 0.0925. The monoisotopic (exact) mass is 365 g/mol. The molecule has 3 rings (SSSR count). The molecule has 1 aliphatic rings. The molecule has 1 fully saturated rings. The Morgan fingerprint density at radius 3 is 2.60 bits per heavy atom. The molecule has 2 heterocycles. The van der Waals surface area contributed by atoms with Crippen molar-refractivity contribution < 1.29 is 9.18 Å². The molecule has 1 saturated heterocycles. The molecule has 25 heavy (non-hydrogen) atoms. The van der Waals surface area contributed by atoms with Gasteiger partial charge >= 0.3 is 0 Å². The normalized spacial score (nSPS) is 20.0. The second-order valence-electron chi connectivity index (χ2n) is 6.65. The highest BCUT2D eigenvalue weighted by Gasteiger charge is 2.23. The third kappa shape index (κ3) is 4.22. The van der Waals surface area contributed by atoms with Gasteiger partial charge in [-0.3, -0.25) is 4.79 Å². The zero-order valence-electron chi connectivity index (χ0n) is 14.8. The molecule has 0 spiro atoms. The summed E-state index contributed by atoms with van der Waals surface area (Å²) in [5.41, 5.74) is 3.38. The van der Waals surface area contributed by atoms with Crippen LogP contribution in [0.15, 0.2) is 30.3 Å². The summed E-state index contributed by atoms with van der Waals surface area (Å²) in [6.07, 6.45) is 1.90.